The molecule has 46 heavy (non-hydrogen) atoms. The average Bonchev–Trinajstić information content (AvgIpc) is 3.58. The Morgan fingerprint density at radius 1 is 0.609 bits per heavy atom. The molecule has 0 aromatic rings. The summed E-state index contributed by atoms with van der Waals surface area (Å²) < 4.78 is 132. The molecule has 3 aliphatic rings. The first-order valence-corrected chi connectivity index (χ1v) is 15.2. The van der Waals surface area contributed by atoms with Crippen LogP contribution in [-0.2, 0) is 38.1 Å². The van der Waals surface area contributed by atoms with Gasteiger partial charge in [0.05, 0.1) is 17.8 Å². The summed E-state index contributed by atoms with van der Waals surface area (Å²) in [6.45, 7) is -0.657. The molecule has 3 aliphatic carbocycles. The number of halogens is 8. The van der Waals surface area contributed by atoms with Gasteiger partial charge in [0.25, 0.3) is 0 Å². The van der Waals surface area contributed by atoms with E-state index in [1.54, 1.807) is 13.8 Å². The highest BCUT2D eigenvalue weighted by Gasteiger charge is 2.80. The highest BCUT2D eigenvalue weighted by atomic mass is 19.4. The Hall–Kier alpha value is -2.52. The monoisotopic (exact) mass is 680 g/mol. The number of carbonyl (C=O) groups is 4. The number of hydrogen-bond acceptors (Lipinski definition) is 8. The van der Waals surface area contributed by atoms with E-state index in [2.05, 4.69) is 9.47 Å². The molecule has 3 rings (SSSR count). The zero-order valence-electron chi connectivity index (χ0n) is 26.1. The third-order valence-electron chi connectivity index (χ3n) is 9.47. The van der Waals surface area contributed by atoms with Gasteiger partial charge in [-0.3, -0.25) is 19.2 Å². The number of carbonyl (C=O) groups excluding carboxylic acids is 4. The number of methoxy groups -OCH3 is 1. The van der Waals surface area contributed by atoms with Crippen LogP contribution < -0.4 is 0 Å². The number of esters is 3. The largest absolute Gasteiger partial charge is 0.459 e. The molecular formula is C30H40F8O8. The molecular weight excluding hydrogens is 640 g/mol. The lowest BCUT2D eigenvalue weighted by atomic mass is 9.66. The van der Waals surface area contributed by atoms with Crippen molar-refractivity contribution in [1.29, 1.82) is 0 Å². The molecule has 4 atom stereocenters. The van der Waals surface area contributed by atoms with Crippen LogP contribution in [0.5, 0.6) is 0 Å². The van der Waals surface area contributed by atoms with Crippen LogP contribution in [0.15, 0.2) is 0 Å². The van der Waals surface area contributed by atoms with Gasteiger partial charge in [-0.15, -0.1) is 0 Å². The van der Waals surface area contributed by atoms with Gasteiger partial charge in [-0.1, -0.05) is 0 Å². The molecule has 3 fully saturated rings. The second kappa shape index (κ2) is 13.5. The number of rotatable bonds is 13. The van der Waals surface area contributed by atoms with E-state index in [4.69, 9.17) is 9.47 Å². The Labute approximate surface area is 261 Å². The van der Waals surface area contributed by atoms with Crippen molar-refractivity contribution in [2.45, 2.75) is 120 Å². The van der Waals surface area contributed by atoms with Crippen LogP contribution in [0.3, 0.4) is 0 Å². The Morgan fingerprint density at radius 2 is 0.957 bits per heavy atom. The Bertz CT molecular complexity index is 1150. The van der Waals surface area contributed by atoms with Gasteiger partial charge in [0.15, 0.2) is 6.61 Å². The minimum absolute atomic E-state index is 0.448. The molecule has 3 saturated carbocycles. The molecule has 0 aliphatic heterocycles. The topological polar surface area (TPSA) is 105 Å². The Balaban J connectivity index is 1.88. The van der Waals surface area contributed by atoms with E-state index in [0.717, 1.165) is 19.8 Å². The molecule has 0 heterocycles. The number of ether oxygens (including phenoxy) is 4. The second-order valence-corrected chi connectivity index (χ2v) is 13.3. The highest BCUT2D eigenvalue weighted by molar-refractivity contribution is 5.89. The van der Waals surface area contributed by atoms with Crippen LogP contribution in [0.2, 0.25) is 0 Å². The summed E-state index contributed by atoms with van der Waals surface area (Å²) in [5.74, 6) is -35.3. The maximum Gasteiger partial charge on any atom is 0.381 e. The van der Waals surface area contributed by atoms with Gasteiger partial charge in [0.2, 0.25) is 0 Å². The average molecular weight is 681 g/mol. The van der Waals surface area contributed by atoms with Gasteiger partial charge >= 0.3 is 41.6 Å². The van der Waals surface area contributed by atoms with E-state index in [0.29, 0.717) is 45.6 Å². The summed E-state index contributed by atoms with van der Waals surface area (Å²) in [4.78, 5) is 52.6. The van der Waals surface area contributed by atoms with Crippen molar-refractivity contribution in [3.05, 3.63) is 0 Å². The van der Waals surface area contributed by atoms with Gasteiger partial charge in [0.1, 0.15) is 23.6 Å². The molecule has 0 radical (unpaired) electrons. The minimum Gasteiger partial charge on any atom is -0.459 e. The third-order valence-corrected chi connectivity index (χ3v) is 9.47. The van der Waals surface area contributed by atoms with Crippen LogP contribution in [0.4, 0.5) is 35.1 Å². The summed E-state index contributed by atoms with van der Waals surface area (Å²) in [5, 5.41) is 0. The molecule has 0 aromatic heterocycles. The van der Waals surface area contributed by atoms with Crippen LogP contribution in [-0.4, -0.2) is 78.9 Å². The number of alkyl halides is 8. The fraction of sp³-hybridized carbons (Fsp3) is 0.867. The maximum absolute atomic E-state index is 14.5. The predicted octanol–water partition coefficient (Wildman–Crippen LogP) is 6.32. The minimum atomic E-state index is -6.72. The molecule has 0 saturated heterocycles. The zero-order valence-corrected chi connectivity index (χ0v) is 26.1. The van der Waals surface area contributed by atoms with E-state index >= 15 is 0 Å². The van der Waals surface area contributed by atoms with E-state index < -0.39 is 108 Å². The van der Waals surface area contributed by atoms with Crippen LogP contribution >= 0.6 is 0 Å². The van der Waals surface area contributed by atoms with Gasteiger partial charge in [-0.25, -0.2) is 0 Å². The summed E-state index contributed by atoms with van der Waals surface area (Å²) in [6, 6.07) is 0. The zero-order chi connectivity index (χ0) is 34.9. The lowest BCUT2D eigenvalue weighted by Crippen LogP contribution is -2.64. The second-order valence-electron chi connectivity index (χ2n) is 13.3. The fourth-order valence-electron chi connectivity index (χ4n) is 6.61. The van der Waals surface area contributed by atoms with Crippen molar-refractivity contribution in [2.75, 3.05) is 20.3 Å². The van der Waals surface area contributed by atoms with E-state index in [-0.39, 0.29) is 0 Å². The van der Waals surface area contributed by atoms with Crippen LogP contribution in [0.25, 0.3) is 0 Å². The van der Waals surface area contributed by atoms with Crippen molar-refractivity contribution in [3.63, 3.8) is 0 Å². The number of hydrogen-bond donors (Lipinski definition) is 0. The van der Waals surface area contributed by atoms with Gasteiger partial charge in [-0.2, -0.15) is 35.1 Å². The standard InChI is InChI=1S/C30H40F8O8/c1-17(39)18-13-20(22(40)44-16-28(33,34)30(37,38)29(35,36)27(31,32)15-43-4)21(24(42)46-26(3)11-7-8-12-26)14-19(18)23(41)45-25(2)9-5-6-10-25/h18-21H,5-16H2,1-4H3. The SMILES string of the molecule is COCC(F)(F)C(F)(F)C(F)(F)C(F)(F)COC(=O)C1CC(C(C)=O)C(C(=O)OC2(C)CCCC2)CC1C(=O)OC1(C)CCCC1. The van der Waals surface area contributed by atoms with E-state index in [9.17, 15) is 54.3 Å². The quantitative estimate of drug-likeness (QED) is 0.127. The first kappa shape index (κ1) is 37.9. The van der Waals surface area contributed by atoms with Crippen LogP contribution in [0, 0.1) is 23.7 Å². The summed E-state index contributed by atoms with van der Waals surface area (Å²) in [7, 11) is 0.467. The summed E-state index contributed by atoms with van der Waals surface area (Å²) in [6.07, 6.45) is 3.79. The maximum atomic E-state index is 14.5. The van der Waals surface area contributed by atoms with Gasteiger partial charge in [0, 0.05) is 13.0 Å². The Kier molecular flexibility index (Phi) is 11.2. The van der Waals surface area contributed by atoms with Crippen LogP contribution in [0.1, 0.15) is 85.0 Å². The molecule has 0 spiro atoms. The Morgan fingerprint density at radius 3 is 1.35 bits per heavy atom. The molecule has 16 heteroatoms. The highest BCUT2D eigenvalue weighted by Crippen LogP contribution is 2.53. The summed E-state index contributed by atoms with van der Waals surface area (Å²) >= 11 is 0. The molecule has 0 aromatic carbocycles. The molecule has 264 valence electrons. The van der Waals surface area contributed by atoms with Crippen molar-refractivity contribution >= 4 is 23.7 Å². The smallest absolute Gasteiger partial charge is 0.381 e. The van der Waals surface area contributed by atoms with E-state index in [1.807, 2.05) is 0 Å². The van der Waals surface area contributed by atoms with Crippen molar-refractivity contribution < 1.29 is 73.2 Å². The van der Waals surface area contributed by atoms with E-state index in [1.165, 1.54) is 0 Å². The van der Waals surface area contributed by atoms with Gasteiger partial charge < -0.3 is 18.9 Å². The molecule has 8 nitrogen and oxygen atoms in total. The van der Waals surface area contributed by atoms with Crippen molar-refractivity contribution in [2.24, 2.45) is 23.7 Å². The normalized spacial score (nSPS) is 26.8. The third kappa shape index (κ3) is 7.61. The predicted molar refractivity (Wildman–Crippen MR) is 142 cm³/mol. The van der Waals surface area contributed by atoms with Gasteiger partial charge in [-0.05, 0) is 85.0 Å². The molecule has 4 unspecified atom stereocenters. The lowest BCUT2D eigenvalue weighted by Gasteiger charge is -2.40. The fourth-order valence-corrected chi connectivity index (χ4v) is 6.61. The first-order chi connectivity index (χ1) is 21.0. The molecule has 0 amide bonds. The number of Topliss-reactive ketones (excluding diaryl/α,β-unsaturated/α-hetero) is 1. The summed E-state index contributed by atoms with van der Waals surface area (Å²) in [5.41, 5.74) is -1.80. The number of ketones is 1. The lowest BCUT2D eigenvalue weighted by molar-refractivity contribution is -0.374. The van der Waals surface area contributed by atoms with Crippen molar-refractivity contribution in [1.82, 2.24) is 0 Å². The molecule has 0 N–H and O–H groups in total. The first-order valence-electron chi connectivity index (χ1n) is 15.2. The molecule has 0 bridgehead atoms. The van der Waals surface area contributed by atoms with Crippen molar-refractivity contribution in [3.8, 4) is 0 Å².